The highest BCUT2D eigenvalue weighted by molar-refractivity contribution is 7.23. The third-order valence-electron chi connectivity index (χ3n) is 10.9. The highest BCUT2D eigenvalue weighted by Gasteiger charge is 2.53. The minimum atomic E-state index is -2.84. The lowest BCUT2D eigenvalue weighted by molar-refractivity contribution is -0.120. The first kappa shape index (κ1) is 34.0. The molecule has 4 aliphatic heterocycles. The number of alkyl halides is 2. The molecule has 6 heterocycles. The molecule has 0 radical (unpaired) electrons. The van der Waals surface area contributed by atoms with Crippen molar-refractivity contribution >= 4 is 60.8 Å². The predicted octanol–water partition coefficient (Wildman–Crippen LogP) is 6.73. The Morgan fingerprint density at radius 3 is 2.57 bits per heavy atom. The number of halogens is 5. The van der Waals surface area contributed by atoms with Crippen LogP contribution in [0.25, 0.3) is 32.1 Å². The lowest BCUT2D eigenvalue weighted by atomic mass is 9.73. The molecule has 2 N–H and O–H groups in total. The van der Waals surface area contributed by atoms with Crippen molar-refractivity contribution in [1.29, 1.82) is 5.26 Å². The molecule has 8 rings (SSSR count). The summed E-state index contributed by atoms with van der Waals surface area (Å²) in [7, 11) is 2.03. The Bertz CT molecular complexity index is 2130. The zero-order chi connectivity index (χ0) is 36.0. The molecule has 4 aromatic rings. The zero-order valence-corrected chi connectivity index (χ0v) is 29.6. The summed E-state index contributed by atoms with van der Waals surface area (Å²) in [5.74, 6) is -3.79. The quantitative estimate of drug-likeness (QED) is 0.224. The first-order chi connectivity index (χ1) is 24.3. The van der Waals surface area contributed by atoms with E-state index in [1.807, 2.05) is 24.9 Å². The van der Waals surface area contributed by atoms with E-state index in [1.165, 1.54) is 17.0 Å². The van der Waals surface area contributed by atoms with Crippen LogP contribution in [0.2, 0.25) is 5.02 Å². The molecular weight excluding hydrogens is 708 g/mol. The Labute approximate surface area is 300 Å². The van der Waals surface area contributed by atoms with Gasteiger partial charge < -0.3 is 25.2 Å². The van der Waals surface area contributed by atoms with Crippen LogP contribution in [0.5, 0.6) is 6.01 Å². The number of amides is 2. The van der Waals surface area contributed by atoms with Gasteiger partial charge in [0.15, 0.2) is 5.82 Å². The first-order valence-corrected chi connectivity index (χ1v) is 18.1. The fraction of sp³-hybridized carbons (Fsp3) is 0.486. The Morgan fingerprint density at radius 1 is 1.14 bits per heavy atom. The van der Waals surface area contributed by atoms with E-state index >= 15 is 4.39 Å². The fourth-order valence-corrected chi connectivity index (χ4v) is 9.62. The van der Waals surface area contributed by atoms with Crippen LogP contribution in [-0.4, -0.2) is 102 Å². The average molecular weight is 743 g/mol. The molecular formula is C35H35ClF4N8O2S. The topological polar surface area (TPSA) is 115 Å². The van der Waals surface area contributed by atoms with Gasteiger partial charge in [-0.1, -0.05) is 17.7 Å². The number of carbonyl (C=O) groups is 1. The second-order valence-electron chi connectivity index (χ2n) is 14.4. The summed E-state index contributed by atoms with van der Waals surface area (Å²) in [5, 5.41) is 10.5. The number of thiophene rings is 1. The summed E-state index contributed by atoms with van der Waals surface area (Å²) < 4.78 is 65.4. The number of hydrogen-bond donors (Lipinski definition) is 1. The Kier molecular flexibility index (Phi) is 8.15. The van der Waals surface area contributed by atoms with E-state index in [1.54, 1.807) is 11.0 Å². The van der Waals surface area contributed by atoms with Gasteiger partial charge in [-0.15, -0.1) is 11.3 Å². The van der Waals surface area contributed by atoms with E-state index in [-0.39, 0.29) is 71.9 Å². The van der Waals surface area contributed by atoms with Crippen LogP contribution in [0, 0.1) is 28.4 Å². The number of nitrogens with two attached hydrogens (primary N) is 1. The third kappa shape index (κ3) is 5.66. The van der Waals surface area contributed by atoms with Crippen molar-refractivity contribution in [3.8, 4) is 23.2 Å². The van der Waals surface area contributed by atoms with Crippen LogP contribution in [0.4, 0.5) is 33.2 Å². The number of fused-ring (bicyclic) bond motifs is 2. The number of ether oxygens (including phenoxy) is 1. The Morgan fingerprint density at radius 2 is 1.88 bits per heavy atom. The summed E-state index contributed by atoms with van der Waals surface area (Å²) in [6.07, 6.45) is 3.22. The molecule has 4 aliphatic rings. The Hall–Kier alpha value is -4.13. The highest BCUT2D eigenvalue weighted by atomic mass is 35.5. The van der Waals surface area contributed by atoms with Gasteiger partial charge >= 0.3 is 12.0 Å². The van der Waals surface area contributed by atoms with Gasteiger partial charge in [-0.25, -0.2) is 22.4 Å². The molecule has 4 saturated heterocycles. The maximum Gasteiger partial charge on any atom is 0.320 e. The van der Waals surface area contributed by atoms with E-state index < -0.39 is 30.6 Å². The van der Waals surface area contributed by atoms with Gasteiger partial charge in [0, 0.05) is 54.0 Å². The van der Waals surface area contributed by atoms with E-state index in [0.29, 0.717) is 37.4 Å². The van der Waals surface area contributed by atoms with Crippen LogP contribution in [-0.2, 0) is 0 Å². The Balaban J connectivity index is 1.20. The first-order valence-electron chi connectivity index (χ1n) is 16.9. The van der Waals surface area contributed by atoms with E-state index in [0.717, 1.165) is 43.6 Å². The standard InChI is InChI=1S/C35H35ClF4N8O2S/c1-18(24-5-3-9-45(24)2)50-32-43-28-20(11-22(36)26(27(28)38)19-6-7-23(37)29-25(19)21(12-41)30(42)51-29)31(44-32)46-10-4-8-34(13-46)14-47(15-34)33(49)48-16-35(39,40)17-48/h6-7,11,18,24H,3-5,8-10,13-17,42H2,1-2H3/t18?,24-/m0/s1. The molecule has 10 nitrogen and oxygen atoms in total. The van der Waals surface area contributed by atoms with Crippen molar-refractivity contribution in [3.05, 3.63) is 40.4 Å². The number of rotatable bonds is 5. The number of benzene rings is 2. The second kappa shape index (κ2) is 12.2. The van der Waals surface area contributed by atoms with Crippen LogP contribution in [0.1, 0.15) is 38.2 Å². The van der Waals surface area contributed by atoms with Gasteiger partial charge in [-0.3, -0.25) is 4.90 Å². The number of nitrogens with zero attached hydrogens (tertiary/aromatic N) is 7. The monoisotopic (exact) mass is 742 g/mol. The van der Waals surface area contributed by atoms with Crippen molar-refractivity contribution in [1.82, 2.24) is 24.7 Å². The number of piperidine rings is 1. The molecule has 4 fully saturated rings. The minimum Gasteiger partial charge on any atom is -0.459 e. The SMILES string of the molecule is CC(Oc1nc(N2CCCC3(CN(C(=O)N4CC(F)(F)C4)C3)C2)c2cc(Cl)c(-c3ccc(F)c4sc(N)c(C#N)c34)c(F)c2n1)[C@@H]1CCCN1C. The van der Waals surface area contributed by atoms with Gasteiger partial charge in [-0.2, -0.15) is 15.2 Å². The molecule has 16 heteroatoms. The molecule has 51 heavy (non-hydrogen) atoms. The molecule has 2 atom stereocenters. The van der Waals surface area contributed by atoms with Gasteiger partial charge in [0.05, 0.1) is 28.4 Å². The number of carbonyl (C=O) groups excluding carboxylic acids is 1. The zero-order valence-electron chi connectivity index (χ0n) is 28.0. The van der Waals surface area contributed by atoms with Crippen LogP contribution >= 0.6 is 22.9 Å². The lowest BCUT2D eigenvalue weighted by Gasteiger charge is -2.56. The van der Waals surface area contributed by atoms with Crippen molar-refractivity contribution < 1.29 is 27.1 Å². The molecule has 2 amide bonds. The van der Waals surface area contributed by atoms with E-state index in [4.69, 9.17) is 27.1 Å². The predicted molar refractivity (Wildman–Crippen MR) is 188 cm³/mol. The van der Waals surface area contributed by atoms with E-state index in [2.05, 4.69) is 9.88 Å². The van der Waals surface area contributed by atoms with Gasteiger partial charge in [-0.05, 0) is 63.9 Å². The number of nitrogen functional groups attached to an aromatic ring is 1. The van der Waals surface area contributed by atoms with Crippen molar-refractivity contribution in [2.75, 3.05) is 63.5 Å². The van der Waals surface area contributed by atoms with Crippen LogP contribution < -0.4 is 15.4 Å². The molecule has 1 unspecified atom stereocenters. The van der Waals surface area contributed by atoms with Crippen molar-refractivity contribution in [2.45, 2.75) is 50.7 Å². The summed E-state index contributed by atoms with van der Waals surface area (Å²) in [4.78, 5) is 29.3. The fourth-order valence-electron chi connectivity index (χ4n) is 8.38. The molecule has 1 spiro atoms. The largest absolute Gasteiger partial charge is 0.459 e. The maximum absolute atomic E-state index is 17.1. The number of likely N-dealkylation sites (tertiary alicyclic amines) is 3. The van der Waals surface area contributed by atoms with Gasteiger partial charge in [0.1, 0.15) is 34.3 Å². The second-order valence-corrected chi connectivity index (χ2v) is 15.9. The molecule has 2 aromatic heterocycles. The van der Waals surface area contributed by atoms with Gasteiger partial charge in [0.2, 0.25) is 0 Å². The number of likely N-dealkylation sites (N-methyl/N-ethyl adjacent to an activating group) is 1. The lowest BCUT2D eigenvalue weighted by Crippen LogP contribution is -2.69. The third-order valence-corrected chi connectivity index (χ3v) is 12.2. The van der Waals surface area contributed by atoms with Crippen LogP contribution in [0.3, 0.4) is 0 Å². The molecule has 0 saturated carbocycles. The van der Waals surface area contributed by atoms with Crippen molar-refractivity contribution in [3.63, 3.8) is 0 Å². The number of urea groups is 1. The molecule has 0 bridgehead atoms. The molecule has 0 aliphatic carbocycles. The average Bonchev–Trinajstić information content (AvgIpc) is 3.65. The normalized spacial score (nSPS) is 21.9. The van der Waals surface area contributed by atoms with Crippen LogP contribution in [0.15, 0.2) is 18.2 Å². The number of hydrogen-bond acceptors (Lipinski definition) is 9. The highest BCUT2D eigenvalue weighted by Crippen LogP contribution is 2.47. The number of aromatic nitrogens is 2. The summed E-state index contributed by atoms with van der Waals surface area (Å²) in [6, 6.07) is 5.91. The number of nitriles is 1. The molecule has 268 valence electrons. The maximum atomic E-state index is 17.1. The van der Waals surface area contributed by atoms with E-state index in [9.17, 15) is 23.2 Å². The summed E-state index contributed by atoms with van der Waals surface area (Å²) in [5.41, 5.74) is 5.92. The number of anilines is 2. The minimum absolute atomic E-state index is 0.0111. The molecule has 2 aromatic carbocycles. The van der Waals surface area contributed by atoms with Gasteiger partial charge in [0.25, 0.3) is 5.92 Å². The smallest absolute Gasteiger partial charge is 0.320 e. The summed E-state index contributed by atoms with van der Waals surface area (Å²) >= 11 is 7.79. The van der Waals surface area contributed by atoms with Crippen molar-refractivity contribution in [2.24, 2.45) is 5.41 Å². The summed E-state index contributed by atoms with van der Waals surface area (Å²) in [6.45, 7) is 3.62.